The van der Waals surface area contributed by atoms with Gasteiger partial charge < -0.3 is 5.32 Å². The number of nitrogens with one attached hydrogen (secondary N) is 1. The summed E-state index contributed by atoms with van der Waals surface area (Å²) in [6.07, 6.45) is -4.12. The number of benzene rings is 2. The molecule has 0 bridgehead atoms. The highest BCUT2D eigenvalue weighted by Crippen LogP contribution is 2.29. The summed E-state index contributed by atoms with van der Waals surface area (Å²) in [6, 6.07) is 9.16. The molecular weight excluding hydrogens is 362 g/mol. The van der Waals surface area contributed by atoms with Gasteiger partial charge in [0, 0.05) is 11.1 Å². The van der Waals surface area contributed by atoms with Crippen molar-refractivity contribution in [2.75, 3.05) is 0 Å². The van der Waals surface area contributed by atoms with Crippen LogP contribution in [-0.4, -0.2) is 11.9 Å². The van der Waals surface area contributed by atoms with Gasteiger partial charge in [0.1, 0.15) is 0 Å². The molecule has 0 aliphatic carbocycles. The van der Waals surface area contributed by atoms with Gasteiger partial charge in [0.2, 0.25) is 0 Å². The Morgan fingerprint density at radius 2 is 1.88 bits per heavy atom. The van der Waals surface area contributed by atoms with Crippen LogP contribution in [0.1, 0.15) is 28.4 Å². The monoisotopic (exact) mass is 375 g/mol. The number of rotatable bonds is 4. The number of hydrogen-bond donors (Lipinski definition) is 1. The third-order valence-electron chi connectivity index (χ3n) is 3.35. The van der Waals surface area contributed by atoms with Crippen molar-refractivity contribution in [1.82, 2.24) is 5.32 Å². The van der Waals surface area contributed by atoms with Gasteiger partial charge in [0.15, 0.2) is 0 Å². The molecule has 0 fully saturated rings. The van der Waals surface area contributed by atoms with Crippen LogP contribution in [0, 0.1) is 0 Å². The Kier molecular flexibility index (Phi) is 5.78. The molecule has 128 valence electrons. The summed E-state index contributed by atoms with van der Waals surface area (Å²) in [7, 11) is 0. The highest BCUT2D eigenvalue weighted by atomic mass is 35.5. The van der Waals surface area contributed by atoms with E-state index in [9.17, 15) is 18.0 Å². The first-order valence-corrected chi connectivity index (χ1v) is 7.84. The topological polar surface area (TPSA) is 29.1 Å². The van der Waals surface area contributed by atoms with Gasteiger partial charge in [-0.1, -0.05) is 41.4 Å². The lowest BCUT2D eigenvalue weighted by Crippen LogP contribution is -2.34. The van der Waals surface area contributed by atoms with Crippen molar-refractivity contribution in [2.24, 2.45) is 0 Å². The molecular formula is C17H14Cl2F3NO. The first-order chi connectivity index (χ1) is 11.2. The van der Waals surface area contributed by atoms with Crippen LogP contribution in [-0.2, 0) is 12.6 Å². The van der Waals surface area contributed by atoms with Crippen molar-refractivity contribution < 1.29 is 18.0 Å². The van der Waals surface area contributed by atoms with Crippen LogP contribution in [0.2, 0.25) is 10.0 Å². The molecule has 0 spiro atoms. The summed E-state index contributed by atoms with van der Waals surface area (Å²) in [5, 5.41) is 3.34. The number of halogens is 5. The predicted octanol–water partition coefficient (Wildman–Crippen LogP) is 5.37. The summed E-state index contributed by atoms with van der Waals surface area (Å²) < 4.78 is 38.2. The van der Waals surface area contributed by atoms with E-state index in [-0.39, 0.29) is 23.0 Å². The zero-order valence-corrected chi connectivity index (χ0v) is 14.1. The fourth-order valence-electron chi connectivity index (χ4n) is 2.25. The SMILES string of the molecule is CC(Cc1cccc(C(F)(F)F)c1)NC(=O)c1ccc(Cl)cc1Cl. The molecule has 1 N–H and O–H groups in total. The van der Waals surface area contributed by atoms with Crippen molar-refractivity contribution in [1.29, 1.82) is 0 Å². The summed E-state index contributed by atoms with van der Waals surface area (Å²) in [6.45, 7) is 1.71. The van der Waals surface area contributed by atoms with Gasteiger partial charge in [-0.15, -0.1) is 0 Å². The maximum absolute atomic E-state index is 12.7. The molecule has 2 aromatic rings. The van der Waals surface area contributed by atoms with E-state index in [1.165, 1.54) is 18.2 Å². The van der Waals surface area contributed by atoms with Crippen molar-refractivity contribution in [3.8, 4) is 0 Å². The third-order valence-corrected chi connectivity index (χ3v) is 3.90. The molecule has 2 nitrogen and oxygen atoms in total. The van der Waals surface area contributed by atoms with Crippen LogP contribution in [0.4, 0.5) is 13.2 Å². The molecule has 0 aliphatic heterocycles. The van der Waals surface area contributed by atoms with Crippen LogP contribution in [0.3, 0.4) is 0 Å². The number of alkyl halides is 3. The standard InChI is InChI=1S/C17H14Cl2F3NO/c1-10(7-11-3-2-4-12(8-11)17(20,21)22)23-16(24)14-6-5-13(18)9-15(14)19/h2-6,8-10H,7H2,1H3,(H,23,24). The Balaban J connectivity index is 2.05. The van der Waals surface area contributed by atoms with E-state index in [4.69, 9.17) is 23.2 Å². The minimum absolute atomic E-state index is 0.214. The molecule has 2 rings (SSSR count). The Labute approximate surface area is 147 Å². The number of carbonyl (C=O) groups excluding carboxylic acids is 1. The second-order valence-corrected chi connectivity index (χ2v) is 6.24. The Morgan fingerprint density at radius 3 is 2.50 bits per heavy atom. The maximum atomic E-state index is 12.7. The minimum atomic E-state index is -4.39. The molecule has 1 unspecified atom stereocenters. The second kappa shape index (κ2) is 7.45. The summed E-state index contributed by atoms with van der Waals surface area (Å²) in [4.78, 5) is 12.2. The third kappa shape index (κ3) is 4.89. The van der Waals surface area contributed by atoms with E-state index in [2.05, 4.69) is 5.32 Å². The second-order valence-electron chi connectivity index (χ2n) is 5.40. The smallest absolute Gasteiger partial charge is 0.349 e. The van der Waals surface area contributed by atoms with E-state index < -0.39 is 17.6 Å². The van der Waals surface area contributed by atoms with E-state index in [1.54, 1.807) is 19.1 Å². The Morgan fingerprint density at radius 1 is 1.17 bits per heavy atom. The van der Waals surface area contributed by atoms with Crippen LogP contribution >= 0.6 is 23.2 Å². The largest absolute Gasteiger partial charge is 0.416 e. The number of amides is 1. The number of hydrogen-bond acceptors (Lipinski definition) is 1. The lowest BCUT2D eigenvalue weighted by Gasteiger charge is -2.16. The van der Waals surface area contributed by atoms with Crippen molar-refractivity contribution in [3.63, 3.8) is 0 Å². The lowest BCUT2D eigenvalue weighted by molar-refractivity contribution is -0.137. The summed E-state index contributed by atoms with van der Waals surface area (Å²) >= 11 is 11.7. The van der Waals surface area contributed by atoms with Gasteiger partial charge in [-0.2, -0.15) is 13.2 Å². The van der Waals surface area contributed by atoms with Crippen LogP contribution < -0.4 is 5.32 Å². The lowest BCUT2D eigenvalue weighted by atomic mass is 10.0. The molecule has 0 aliphatic rings. The van der Waals surface area contributed by atoms with Crippen molar-refractivity contribution in [3.05, 3.63) is 69.2 Å². The average molecular weight is 376 g/mol. The molecule has 0 saturated heterocycles. The van der Waals surface area contributed by atoms with Crippen LogP contribution in [0.15, 0.2) is 42.5 Å². The fraction of sp³-hybridized carbons (Fsp3) is 0.235. The molecule has 1 amide bonds. The Bertz CT molecular complexity index is 747. The minimum Gasteiger partial charge on any atom is -0.349 e. The van der Waals surface area contributed by atoms with Gasteiger partial charge in [0.05, 0.1) is 16.1 Å². The van der Waals surface area contributed by atoms with Gasteiger partial charge in [-0.3, -0.25) is 4.79 Å². The first kappa shape index (κ1) is 18.6. The van der Waals surface area contributed by atoms with Crippen molar-refractivity contribution >= 4 is 29.1 Å². The molecule has 1 atom stereocenters. The predicted molar refractivity (Wildman–Crippen MR) is 88.5 cm³/mol. The molecule has 0 heterocycles. The van der Waals surface area contributed by atoms with Crippen LogP contribution in [0.5, 0.6) is 0 Å². The summed E-state index contributed by atoms with van der Waals surface area (Å²) in [5.74, 6) is -0.406. The Hall–Kier alpha value is -1.72. The zero-order chi connectivity index (χ0) is 17.9. The maximum Gasteiger partial charge on any atom is 0.416 e. The average Bonchev–Trinajstić information content (AvgIpc) is 2.46. The first-order valence-electron chi connectivity index (χ1n) is 7.09. The van der Waals surface area contributed by atoms with Gasteiger partial charge in [-0.05, 0) is 43.2 Å². The molecule has 24 heavy (non-hydrogen) atoms. The summed E-state index contributed by atoms with van der Waals surface area (Å²) in [5.41, 5.74) is 0.0380. The van der Waals surface area contributed by atoms with E-state index in [0.29, 0.717) is 10.6 Å². The van der Waals surface area contributed by atoms with E-state index >= 15 is 0 Å². The fourth-order valence-corrected chi connectivity index (χ4v) is 2.75. The number of carbonyl (C=O) groups is 1. The zero-order valence-electron chi connectivity index (χ0n) is 12.6. The molecule has 0 saturated carbocycles. The molecule has 2 aromatic carbocycles. The highest BCUT2D eigenvalue weighted by molar-refractivity contribution is 6.36. The van der Waals surface area contributed by atoms with Gasteiger partial charge in [-0.25, -0.2) is 0 Å². The van der Waals surface area contributed by atoms with Crippen molar-refractivity contribution in [2.45, 2.75) is 25.6 Å². The van der Waals surface area contributed by atoms with Gasteiger partial charge in [0.25, 0.3) is 5.91 Å². The molecule has 7 heteroatoms. The quantitative estimate of drug-likeness (QED) is 0.764. The molecule has 0 aromatic heterocycles. The van der Waals surface area contributed by atoms with E-state index in [1.807, 2.05) is 0 Å². The normalized spacial score (nSPS) is 12.8. The van der Waals surface area contributed by atoms with Crippen LogP contribution in [0.25, 0.3) is 0 Å². The van der Waals surface area contributed by atoms with Gasteiger partial charge >= 0.3 is 6.18 Å². The molecule has 0 radical (unpaired) electrons. The van der Waals surface area contributed by atoms with E-state index in [0.717, 1.165) is 12.1 Å². The highest BCUT2D eigenvalue weighted by Gasteiger charge is 2.30.